The molecule has 106 valence electrons. The van der Waals surface area contributed by atoms with Crippen molar-refractivity contribution >= 4 is 11.6 Å². The smallest absolute Gasteiger partial charge is 0.248 e. The molecule has 0 radical (unpaired) electrons. The highest BCUT2D eigenvalue weighted by Crippen LogP contribution is 2.11. The van der Waals surface area contributed by atoms with Gasteiger partial charge in [0.25, 0.3) is 0 Å². The molecule has 1 atom stereocenters. The molecule has 1 amide bonds. The zero-order valence-corrected chi connectivity index (χ0v) is 11.8. The molecule has 0 heterocycles. The highest BCUT2D eigenvalue weighted by atomic mass is 16.5. The summed E-state index contributed by atoms with van der Waals surface area (Å²) in [6, 6.07) is 7.71. The maximum atomic E-state index is 11.7. The number of unbranched alkanes of at least 4 members (excludes halogenated alkanes) is 1. The van der Waals surface area contributed by atoms with Crippen molar-refractivity contribution in [3.63, 3.8) is 0 Å². The van der Waals surface area contributed by atoms with Gasteiger partial charge in [0.05, 0.1) is 6.61 Å². The number of carbonyl (C=O) groups excluding carboxylic acids is 1. The fourth-order valence-electron chi connectivity index (χ4n) is 1.72. The number of anilines is 1. The van der Waals surface area contributed by atoms with Gasteiger partial charge in [-0.3, -0.25) is 4.79 Å². The van der Waals surface area contributed by atoms with Gasteiger partial charge in [0.2, 0.25) is 5.91 Å². The van der Waals surface area contributed by atoms with Crippen LogP contribution in [-0.2, 0) is 16.0 Å². The quantitative estimate of drug-likeness (QED) is 0.558. The second-order valence-corrected chi connectivity index (χ2v) is 4.61. The van der Waals surface area contributed by atoms with Crippen LogP contribution in [0.1, 0.15) is 32.3 Å². The Labute approximate surface area is 115 Å². The Morgan fingerprint density at radius 3 is 2.84 bits per heavy atom. The van der Waals surface area contributed by atoms with Crippen LogP contribution in [0, 0.1) is 0 Å². The predicted octanol–water partition coefficient (Wildman–Crippen LogP) is 2.13. The molecule has 0 bridgehead atoms. The zero-order chi connectivity index (χ0) is 14.1. The molecule has 0 fully saturated rings. The summed E-state index contributed by atoms with van der Waals surface area (Å²) in [6.45, 7) is 5.08. The van der Waals surface area contributed by atoms with Crippen LogP contribution in [0.15, 0.2) is 24.3 Å². The summed E-state index contributed by atoms with van der Waals surface area (Å²) in [6.07, 6.45) is 2.38. The summed E-state index contributed by atoms with van der Waals surface area (Å²) in [5, 5.41) is 2.85. The SMILES string of the molecule is CCCCNC(=O)C(C)OCCc1ccccc1N. The number of hydrogen-bond acceptors (Lipinski definition) is 3. The minimum Gasteiger partial charge on any atom is -0.399 e. The monoisotopic (exact) mass is 264 g/mol. The molecule has 1 unspecified atom stereocenters. The highest BCUT2D eigenvalue weighted by molar-refractivity contribution is 5.80. The lowest BCUT2D eigenvalue weighted by Gasteiger charge is -2.13. The number of carbonyl (C=O) groups is 1. The molecule has 0 aliphatic carbocycles. The number of benzene rings is 1. The molecular weight excluding hydrogens is 240 g/mol. The third-order valence-corrected chi connectivity index (χ3v) is 2.99. The number of amides is 1. The van der Waals surface area contributed by atoms with E-state index in [1.807, 2.05) is 24.3 Å². The normalized spacial score (nSPS) is 12.1. The summed E-state index contributed by atoms with van der Waals surface area (Å²) in [5.74, 6) is -0.0468. The van der Waals surface area contributed by atoms with Crippen molar-refractivity contribution in [1.29, 1.82) is 0 Å². The van der Waals surface area contributed by atoms with E-state index in [2.05, 4.69) is 12.2 Å². The van der Waals surface area contributed by atoms with Gasteiger partial charge >= 0.3 is 0 Å². The van der Waals surface area contributed by atoms with E-state index in [9.17, 15) is 4.79 Å². The molecule has 1 rings (SSSR count). The van der Waals surface area contributed by atoms with E-state index >= 15 is 0 Å². The van der Waals surface area contributed by atoms with E-state index in [4.69, 9.17) is 10.5 Å². The fraction of sp³-hybridized carbons (Fsp3) is 0.533. The van der Waals surface area contributed by atoms with Gasteiger partial charge in [-0.05, 0) is 31.4 Å². The van der Waals surface area contributed by atoms with Gasteiger partial charge in [-0.25, -0.2) is 0 Å². The summed E-state index contributed by atoms with van der Waals surface area (Å²) in [7, 11) is 0. The molecule has 1 aromatic carbocycles. The minimum absolute atomic E-state index is 0.0468. The first kappa shape index (κ1) is 15.5. The average Bonchev–Trinajstić information content (AvgIpc) is 2.41. The van der Waals surface area contributed by atoms with Crippen LogP contribution in [0.5, 0.6) is 0 Å². The Hall–Kier alpha value is -1.55. The highest BCUT2D eigenvalue weighted by Gasteiger charge is 2.12. The minimum atomic E-state index is -0.415. The van der Waals surface area contributed by atoms with E-state index in [1.165, 1.54) is 0 Å². The van der Waals surface area contributed by atoms with Crippen molar-refractivity contribution in [1.82, 2.24) is 5.32 Å². The first-order valence-electron chi connectivity index (χ1n) is 6.87. The summed E-state index contributed by atoms with van der Waals surface area (Å²) >= 11 is 0. The predicted molar refractivity (Wildman–Crippen MR) is 77.9 cm³/mol. The van der Waals surface area contributed by atoms with Crippen molar-refractivity contribution in [3.05, 3.63) is 29.8 Å². The van der Waals surface area contributed by atoms with Crippen molar-refractivity contribution in [2.45, 2.75) is 39.2 Å². The topological polar surface area (TPSA) is 64.3 Å². The number of rotatable bonds is 8. The molecule has 3 N–H and O–H groups in total. The lowest BCUT2D eigenvalue weighted by molar-refractivity contribution is -0.131. The van der Waals surface area contributed by atoms with E-state index in [-0.39, 0.29) is 5.91 Å². The van der Waals surface area contributed by atoms with E-state index in [1.54, 1.807) is 6.92 Å². The van der Waals surface area contributed by atoms with E-state index < -0.39 is 6.10 Å². The van der Waals surface area contributed by atoms with Crippen LogP contribution < -0.4 is 11.1 Å². The molecule has 4 heteroatoms. The first-order chi connectivity index (χ1) is 9.15. The second kappa shape index (κ2) is 8.53. The Bertz CT molecular complexity index is 393. The molecule has 1 aromatic rings. The molecular formula is C15H24N2O2. The van der Waals surface area contributed by atoms with Crippen molar-refractivity contribution < 1.29 is 9.53 Å². The summed E-state index contributed by atoms with van der Waals surface area (Å²) in [4.78, 5) is 11.7. The summed E-state index contributed by atoms with van der Waals surface area (Å²) in [5.41, 5.74) is 7.67. The Morgan fingerprint density at radius 1 is 1.42 bits per heavy atom. The molecule has 0 saturated heterocycles. The number of ether oxygens (including phenoxy) is 1. The van der Waals surface area contributed by atoms with Gasteiger partial charge in [0.1, 0.15) is 6.10 Å². The lowest BCUT2D eigenvalue weighted by atomic mass is 10.1. The number of hydrogen-bond donors (Lipinski definition) is 2. The number of nitrogen functional groups attached to an aromatic ring is 1. The molecule has 0 saturated carbocycles. The van der Waals surface area contributed by atoms with Gasteiger partial charge < -0.3 is 15.8 Å². The Kier molecular flexibility index (Phi) is 6.97. The van der Waals surface area contributed by atoms with Gasteiger partial charge in [-0.1, -0.05) is 31.5 Å². The van der Waals surface area contributed by atoms with Crippen molar-refractivity contribution in [2.24, 2.45) is 0 Å². The number of para-hydroxylation sites is 1. The van der Waals surface area contributed by atoms with Gasteiger partial charge in [0.15, 0.2) is 0 Å². The van der Waals surface area contributed by atoms with Crippen LogP contribution in [-0.4, -0.2) is 25.2 Å². The van der Waals surface area contributed by atoms with Crippen molar-refractivity contribution in [3.8, 4) is 0 Å². The molecule has 0 aliphatic rings. The van der Waals surface area contributed by atoms with Gasteiger partial charge in [-0.2, -0.15) is 0 Å². The third kappa shape index (κ3) is 5.75. The second-order valence-electron chi connectivity index (χ2n) is 4.61. The Morgan fingerprint density at radius 2 is 2.16 bits per heavy atom. The molecule has 0 spiro atoms. The lowest BCUT2D eigenvalue weighted by Crippen LogP contribution is -2.35. The third-order valence-electron chi connectivity index (χ3n) is 2.99. The average molecular weight is 264 g/mol. The maximum Gasteiger partial charge on any atom is 0.248 e. The van der Waals surface area contributed by atoms with Crippen LogP contribution in [0.2, 0.25) is 0 Å². The van der Waals surface area contributed by atoms with Crippen molar-refractivity contribution in [2.75, 3.05) is 18.9 Å². The standard InChI is InChI=1S/C15H24N2O2/c1-3-4-10-17-15(18)12(2)19-11-9-13-7-5-6-8-14(13)16/h5-8,12H,3-4,9-11,16H2,1-2H3,(H,17,18). The maximum absolute atomic E-state index is 11.7. The van der Waals surface area contributed by atoms with Gasteiger partial charge in [-0.15, -0.1) is 0 Å². The van der Waals surface area contributed by atoms with Crippen LogP contribution in [0.4, 0.5) is 5.69 Å². The molecule has 0 aromatic heterocycles. The van der Waals surface area contributed by atoms with Gasteiger partial charge in [0, 0.05) is 12.2 Å². The van der Waals surface area contributed by atoms with E-state index in [0.29, 0.717) is 13.2 Å². The zero-order valence-electron chi connectivity index (χ0n) is 11.8. The van der Waals surface area contributed by atoms with Crippen LogP contribution in [0.3, 0.4) is 0 Å². The largest absolute Gasteiger partial charge is 0.399 e. The molecule has 19 heavy (non-hydrogen) atoms. The first-order valence-corrected chi connectivity index (χ1v) is 6.87. The van der Waals surface area contributed by atoms with Crippen LogP contribution in [0.25, 0.3) is 0 Å². The number of nitrogens with two attached hydrogens (primary N) is 1. The molecule has 4 nitrogen and oxygen atoms in total. The molecule has 0 aliphatic heterocycles. The Balaban J connectivity index is 2.25. The van der Waals surface area contributed by atoms with Crippen LogP contribution >= 0.6 is 0 Å². The van der Waals surface area contributed by atoms with E-state index in [0.717, 1.165) is 30.5 Å². The number of nitrogens with one attached hydrogen (secondary N) is 1. The summed E-state index contributed by atoms with van der Waals surface area (Å²) < 4.78 is 5.53. The fourth-order valence-corrected chi connectivity index (χ4v) is 1.72.